The van der Waals surface area contributed by atoms with Gasteiger partial charge < -0.3 is 28.5 Å². The fourth-order valence-corrected chi connectivity index (χ4v) is 9.31. The molecule has 0 aromatic carbocycles. The highest BCUT2D eigenvalue weighted by Crippen LogP contribution is 2.41. The molecular formula is C26H40N4O10Si. The van der Waals surface area contributed by atoms with Gasteiger partial charge in [0.25, 0.3) is 11.1 Å². The summed E-state index contributed by atoms with van der Waals surface area (Å²) in [6.45, 7) is 10.8. The Morgan fingerprint density at radius 1 is 0.902 bits per heavy atom. The maximum absolute atomic E-state index is 12.5. The Balaban J connectivity index is 1.52. The lowest BCUT2D eigenvalue weighted by Crippen LogP contribution is -2.53. The fraction of sp³-hybridized carbons (Fsp3) is 0.692. The maximum Gasteiger partial charge on any atom is 0.343 e. The minimum absolute atomic E-state index is 0.00327. The van der Waals surface area contributed by atoms with E-state index in [2.05, 4.69) is 9.97 Å². The van der Waals surface area contributed by atoms with Gasteiger partial charge in [0.2, 0.25) is 0 Å². The largest absolute Gasteiger partial charge is 0.394 e. The summed E-state index contributed by atoms with van der Waals surface area (Å²) in [5, 5.41) is 20.9. The third kappa shape index (κ3) is 6.25. The molecule has 2 saturated heterocycles. The van der Waals surface area contributed by atoms with Crippen LogP contribution in [0.25, 0.3) is 0 Å². The third-order valence-electron chi connectivity index (χ3n) is 7.90. The second-order valence-electron chi connectivity index (χ2n) is 11.4. The Labute approximate surface area is 237 Å². The molecule has 41 heavy (non-hydrogen) atoms. The second kappa shape index (κ2) is 12.3. The summed E-state index contributed by atoms with van der Waals surface area (Å²) in [7, 11) is -3.11. The van der Waals surface area contributed by atoms with Crippen LogP contribution in [0.15, 0.2) is 31.6 Å². The van der Waals surface area contributed by atoms with E-state index in [1.807, 2.05) is 27.7 Å². The van der Waals surface area contributed by atoms with E-state index in [-0.39, 0.29) is 37.1 Å². The molecule has 2 aliphatic heterocycles. The van der Waals surface area contributed by atoms with Gasteiger partial charge in [-0.1, -0.05) is 27.7 Å². The summed E-state index contributed by atoms with van der Waals surface area (Å²) in [5.74, 6) is 0. The Hall–Kier alpha value is -2.66. The molecule has 228 valence electrons. The van der Waals surface area contributed by atoms with Crippen molar-refractivity contribution in [1.82, 2.24) is 19.1 Å². The summed E-state index contributed by atoms with van der Waals surface area (Å²) in [4.78, 5) is 53.0. The quantitative estimate of drug-likeness (QED) is 0.278. The van der Waals surface area contributed by atoms with Crippen LogP contribution in [-0.2, 0) is 18.3 Å². The van der Waals surface area contributed by atoms with Crippen molar-refractivity contribution in [2.24, 2.45) is 0 Å². The Morgan fingerprint density at radius 2 is 1.39 bits per heavy atom. The number of hydrogen-bond acceptors (Lipinski definition) is 10. The fourth-order valence-electron chi connectivity index (χ4n) is 5.55. The zero-order valence-corrected chi connectivity index (χ0v) is 25.2. The van der Waals surface area contributed by atoms with Crippen LogP contribution in [0.5, 0.6) is 0 Å². The molecule has 6 atom stereocenters. The van der Waals surface area contributed by atoms with E-state index in [0.717, 1.165) is 0 Å². The first-order valence-electron chi connectivity index (χ1n) is 13.8. The van der Waals surface area contributed by atoms with Gasteiger partial charge in [-0.25, -0.2) is 9.59 Å². The van der Waals surface area contributed by atoms with Crippen LogP contribution in [0, 0.1) is 13.8 Å². The van der Waals surface area contributed by atoms with Gasteiger partial charge >= 0.3 is 19.9 Å². The molecular weight excluding hydrogens is 556 g/mol. The molecule has 2 aromatic heterocycles. The molecule has 0 radical (unpaired) electrons. The van der Waals surface area contributed by atoms with Gasteiger partial charge in [-0.05, 0) is 24.9 Å². The minimum Gasteiger partial charge on any atom is -0.394 e. The van der Waals surface area contributed by atoms with E-state index in [1.165, 1.54) is 21.5 Å². The highest BCUT2D eigenvalue weighted by Gasteiger charge is 2.51. The molecule has 4 rings (SSSR count). The number of hydrogen-bond donors (Lipinski definition) is 4. The number of aliphatic hydroxyl groups is 2. The van der Waals surface area contributed by atoms with Crippen molar-refractivity contribution in [2.75, 3.05) is 13.2 Å². The molecule has 2 fully saturated rings. The van der Waals surface area contributed by atoms with Crippen LogP contribution in [0.3, 0.4) is 0 Å². The topological polar surface area (TPSA) is 187 Å². The Kier molecular flexibility index (Phi) is 9.37. The lowest BCUT2D eigenvalue weighted by atomic mass is 10.2. The Morgan fingerprint density at radius 3 is 1.88 bits per heavy atom. The number of aromatic nitrogens is 4. The van der Waals surface area contributed by atoms with Crippen LogP contribution in [-0.4, -0.2) is 75.5 Å². The van der Waals surface area contributed by atoms with Gasteiger partial charge in [0, 0.05) is 36.4 Å². The van der Waals surface area contributed by atoms with Gasteiger partial charge in [0.1, 0.15) is 24.7 Å². The van der Waals surface area contributed by atoms with Crippen LogP contribution in [0.2, 0.25) is 11.1 Å². The van der Waals surface area contributed by atoms with E-state index >= 15 is 0 Å². The summed E-state index contributed by atoms with van der Waals surface area (Å²) < 4.78 is 27.8. The zero-order chi connectivity index (χ0) is 30.2. The van der Waals surface area contributed by atoms with Crippen molar-refractivity contribution in [3.63, 3.8) is 0 Å². The smallest absolute Gasteiger partial charge is 0.343 e. The average molecular weight is 597 g/mol. The standard InChI is InChI=1S/C26H40N4O10Si/c1-13(2)41(14(3)4,37-12-20-17(32)7-21(39-20)29-9-15(5)23(33)27-25(29)35)40-18-8-22(38-19(18)11-31)30-10-16(6)24(34)28-26(30)36/h9-10,13-14,17-22,31-32H,7-8,11-12H2,1-6H3,(H,27,33,35)(H,28,34,36)/t17-,18-,19+,20+,21+,22+/m0/s1. The first-order chi connectivity index (χ1) is 19.3. The normalized spacial score (nSPS) is 26.9. The van der Waals surface area contributed by atoms with Crippen molar-refractivity contribution in [3.05, 3.63) is 65.2 Å². The van der Waals surface area contributed by atoms with Gasteiger partial charge in [-0.15, -0.1) is 0 Å². The first-order valence-corrected chi connectivity index (χ1v) is 15.8. The number of aryl methyl sites for hydroxylation is 2. The summed E-state index contributed by atoms with van der Waals surface area (Å²) in [6, 6.07) is 0. The molecule has 2 aliphatic rings. The zero-order valence-electron chi connectivity index (χ0n) is 24.2. The van der Waals surface area contributed by atoms with E-state index in [4.69, 9.17) is 18.3 Å². The lowest BCUT2D eigenvalue weighted by Gasteiger charge is -2.41. The number of nitrogens with zero attached hydrogens (tertiary/aromatic N) is 2. The molecule has 15 heteroatoms. The minimum atomic E-state index is -3.11. The molecule has 0 bridgehead atoms. The molecule has 0 saturated carbocycles. The van der Waals surface area contributed by atoms with Crippen molar-refractivity contribution < 1.29 is 28.5 Å². The maximum atomic E-state index is 12.5. The van der Waals surface area contributed by atoms with E-state index in [0.29, 0.717) is 11.1 Å². The summed E-state index contributed by atoms with van der Waals surface area (Å²) >= 11 is 0. The highest BCUT2D eigenvalue weighted by atomic mass is 28.4. The van der Waals surface area contributed by atoms with E-state index in [9.17, 15) is 29.4 Å². The highest BCUT2D eigenvalue weighted by molar-refractivity contribution is 6.70. The molecule has 14 nitrogen and oxygen atoms in total. The van der Waals surface area contributed by atoms with Crippen molar-refractivity contribution in [3.8, 4) is 0 Å². The van der Waals surface area contributed by atoms with Crippen LogP contribution in [0.1, 0.15) is 64.1 Å². The number of aromatic amines is 2. The predicted octanol–water partition coefficient (Wildman–Crippen LogP) is 0.296. The van der Waals surface area contributed by atoms with E-state index in [1.54, 1.807) is 13.8 Å². The van der Waals surface area contributed by atoms with Gasteiger partial charge in [0.15, 0.2) is 0 Å². The summed E-state index contributed by atoms with van der Waals surface area (Å²) in [5.41, 5.74) is -1.62. The second-order valence-corrected chi connectivity index (χ2v) is 15.7. The van der Waals surface area contributed by atoms with Crippen LogP contribution >= 0.6 is 0 Å². The number of rotatable bonds is 10. The van der Waals surface area contributed by atoms with Gasteiger partial charge in [-0.3, -0.25) is 28.7 Å². The average Bonchev–Trinajstić information content (AvgIpc) is 3.48. The number of ether oxygens (including phenoxy) is 2. The Bertz CT molecular complexity index is 1460. The number of H-pyrrole nitrogens is 2. The van der Waals surface area contributed by atoms with Crippen LogP contribution in [0.4, 0.5) is 0 Å². The number of nitrogens with one attached hydrogen (secondary N) is 2. The molecule has 4 N–H and O–H groups in total. The van der Waals surface area contributed by atoms with Crippen molar-refractivity contribution in [2.45, 2.75) is 102 Å². The van der Waals surface area contributed by atoms with Crippen molar-refractivity contribution in [1.29, 1.82) is 0 Å². The van der Waals surface area contributed by atoms with Crippen molar-refractivity contribution >= 4 is 8.56 Å². The van der Waals surface area contributed by atoms with E-state index < -0.39 is 67.9 Å². The SMILES string of the molecule is Cc1cn([C@H]2C[C@H](O[Si](OC[C@H]3O[C@@H](n4cc(C)c(=O)[nH]c4=O)C[C@@H]3O)(C(C)C)C(C)C)[C@@H](CO)O2)c(=O)[nH]c1=O. The molecule has 2 aromatic rings. The first kappa shape index (κ1) is 31.3. The predicted molar refractivity (Wildman–Crippen MR) is 149 cm³/mol. The molecule has 0 aliphatic carbocycles. The molecule has 0 amide bonds. The van der Waals surface area contributed by atoms with Crippen LogP contribution < -0.4 is 22.5 Å². The third-order valence-corrected chi connectivity index (χ3v) is 12.4. The molecule has 4 heterocycles. The monoisotopic (exact) mass is 596 g/mol. The molecule has 0 spiro atoms. The lowest BCUT2D eigenvalue weighted by molar-refractivity contribution is -0.0615. The van der Waals surface area contributed by atoms with Gasteiger partial charge in [-0.2, -0.15) is 0 Å². The summed E-state index contributed by atoms with van der Waals surface area (Å²) in [6.07, 6.45) is -1.34. The number of aliphatic hydroxyl groups excluding tert-OH is 2. The van der Waals surface area contributed by atoms with Gasteiger partial charge in [0.05, 0.1) is 25.4 Å². The molecule has 0 unspecified atom stereocenters.